The molecule has 1 atom stereocenters. The Morgan fingerprint density at radius 3 is 2.35 bits per heavy atom. The molecule has 0 aromatic heterocycles. The Labute approximate surface area is 119 Å². The van der Waals surface area contributed by atoms with Gasteiger partial charge in [0.2, 0.25) is 0 Å². The van der Waals surface area contributed by atoms with E-state index in [4.69, 9.17) is 0 Å². The lowest BCUT2D eigenvalue weighted by molar-refractivity contribution is 0.101. The van der Waals surface area contributed by atoms with E-state index in [0.29, 0.717) is 16.7 Å². The molecule has 0 aliphatic heterocycles. The zero-order chi connectivity index (χ0) is 14.8. The van der Waals surface area contributed by atoms with Gasteiger partial charge in [-0.05, 0) is 55.9 Å². The van der Waals surface area contributed by atoms with Crippen LogP contribution in [0.15, 0.2) is 24.3 Å². The molecule has 2 N–H and O–H groups in total. The minimum absolute atomic E-state index is 0.0224. The number of benzene rings is 1. The average molecular weight is 274 g/mol. The van der Waals surface area contributed by atoms with Crippen molar-refractivity contribution in [2.45, 2.75) is 46.1 Å². The highest BCUT2D eigenvalue weighted by Gasteiger charge is 2.31. The van der Waals surface area contributed by atoms with Crippen LogP contribution in [-0.4, -0.2) is 17.9 Å². The fraction of sp³-hybridized carbons (Fsp3) is 0.500. The molecule has 1 aliphatic carbocycles. The number of carbonyl (C=O) groups is 2. The first-order valence-corrected chi connectivity index (χ1v) is 7.04. The van der Waals surface area contributed by atoms with Crippen molar-refractivity contribution >= 4 is 17.5 Å². The molecule has 1 saturated carbocycles. The summed E-state index contributed by atoms with van der Waals surface area (Å²) in [5, 5.41) is 5.80. The van der Waals surface area contributed by atoms with Crippen LogP contribution >= 0.6 is 0 Å². The summed E-state index contributed by atoms with van der Waals surface area (Å²) in [6.07, 6.45) is 3.19. The van der Waals surface area contributed by atoms with Crippen molar-refractivity contribution in [1.82, 2.24) is 5.32 Å². The Morgan fingerprint density at radius 2 is 1.85 bits per heavy atom. The predicted octanol–water partition coefficient (Wildman–Crippen LogP) is 3.59. The van der Waals surface area contributed by atoms with E-state index in [2.05, 4.69) is 24.5 Å². The molecule has 0 radical (unpaired) electrons. The number of amides is 2. The van der Waals surface area contributed by atoms with Crippen molar-refractivity contribution in [3.63, 3.8) is 0 Å². The minimum atomic E-state index is -0.178. The van der Waals surface area contributed by atoms with Crippen molar-refractivity contribution in [1.29, 1.82) is 0 Å². The van der Waals surface area contributed by atoms with E-state index in [-0.39, 0.29) is 17.9 Å². The van der Waals surface area contributed by atoms with Crippen LogP contribution in [0.25, 0.3) is 0 Å². The number of carbonyl (C=O) groups excluding carboxylic acids is 2. The fourth-order valence-electron chi connectivity index (χ4n) is 2.70. The average Bonchev–Trinajstić information content (AvgIpc) is 2.69. The van der Waals surface area contributed by atoms with Crippen molar-refractivity contribution in [2.75, 3.05) is 5.32 Å². The van der Waals surface area contributed by atoms with Gasteiger partial charge in [0.1, 0.15) is 0 Å². The van der Waals surface area contributed by atoms with E-state index in [1.807, 2.05) is 0 Å². The molecular formula is C16H22N2O2. The second kappa shape index (κ2) is 5.65. The molecule has 0 bridgehead atoms. The largest absolute Gasteiger partial charge is 0.335 e. The van der Waals surface area contributed by atoms with Crippen LogP contribution in [0.2, 0.25) is 0 Å². The summed E-state index contributed by atoms with van der Waals surface area (Å²) in [4.78, 5) is 23.1. The second-order valence-electron chi connectivity index (χ2n) is 6.34. The molecule has 0 heterocycles. The van der Waals surface area contributed by atoms with Crippen LogP contribution in [0, 0.1) is 5.41 Å². The first-order valence-electron chi connectivity index (χ1n) is 7.04. The first-order chi connectivity index (χ1) is 9.35. The third-order valence-electron chi connectivity index (χ3n) is 3.85. The summed E-state index contributed by atoms with van der Waals surface area (Å²) >= 11 is 0. The molecule has 0 spiro atoms. The normalized spacial score (nSPS) is 20.4. The van der Waals surface area contributed by atoms with Crippen molar-refractivity contribution in [3.05, 3.63) is 29.8 Å². The number of urea groups is 1. The maximum atomic E-state index is 11.9. The third kappa shape index (κ3) is 3.83. The zero-order valence-corrected chi connectivity index (χ0v) is 12.3. The number of hydrogen-bond donors (Lipinski definition) is 2. The predicted molar refractivity (Wildman–Crippen MR) is 80.0 cm³/mol. The van der Waals surface area contributed by atoms with Gasteiger partial charge in [0.25, 0.3) is 0 Å². The van der Waals surface area contributed by atoms with Crippen LogP contribution in [0.5, 0.6) is 0 Å². The van der Waals surface area contributed by atoms with Gasteiger partial charge in [-0.2, -0.15) is 0 Å². The number of rotatable bonds is 3. The van der Waals surface area contributed by atoms with E-state index in [0.717, 1.165) is 19.3 Å². The topological polar surface area (TPSA) is 58.2 Å². The van der Waals surface area contributed by atoms with Gasteiger partial charge in [-0.3, -0.25) is 4.79 Å². The van der Waals surface area contributed by atoms with Gasteiger partial charge < -0.3 is 10.6 Å². The van der Waals surface area contributed by atoms with Gasteiger partial charge in [-0.1, -0.05) is 13.8 Å². The minimum Gasteiger partial charge on any atom is -0.335 e. The summed E-state index contributed by atoms with van der Waals surface area (Å²) in [5.74, 6) is 0.0224. The van der Waals surface area contributed by atoms with Gasteiger partial charge in [0, 0.05) is 17.3 Å². The van der Waals surface area contributed by atoms with Crippen molar-refractivity contribution < 1.29 is 9.59 Å². The molecule has 1 aromatic carbocycles. The number of anilines is 1. The Hall–Kier alpha value is -1.84. The number of nitrogens with one attached hydrogen (secondary N) is 2. The lowest BCUT2D eigenvalue weighted by atomic mass is 9.92. The molecular weight excluding hydrogens is 252 g/mol. The maximum absolute atomic E-state index is 11.9. The monoisotopic (exact) mass is 274 g/mol. The zero-order valence-electron chi connectivity index (χ0n) is 12.3. The van der Waals surface area contributed by atoms with Gasteiger partial charge in [0.05, 0.1) is 0 Å². The summed E-state index contributed by atoms with van der Waals surface area (Å²) in [5.41, 5.74) is 1.67. The van der Waals surface area contributed by atoms with Crippen LogP contribution in [-0.2, 0) is 0 Å². The lowest BCUT2D eigenvalue weighted by Crippen LogP contribution is -2.36. The summed E-state index contributed by atoms with van der Waals surface area (Å²) in [6, 6.07) is 7.00. The highest BCUT2D eigenvalue weighted by atomic mass is 16.2. The molecule has 1 unspecified atom stereocenters. The van der Waals surface area contributed by atoms with Crippen LogP contribution in [0.3, 0.4) is 0 Å². The molecule has 4 nitrogen and oxygen atoms in total. The maximum Gasteiger partial charge on any atom is 0.319 e. The Balaban J connectivity index is 1.87. The molecule has 4 heteroatoms. The smallest absolute Gasteiger partial charge is 0.319 e. The van der Waals surface area contributed by atoms with Gasteiger partial charge in [-0.25, -0.2) is 4.79 Å². The molecule has 1 aromatic rings. The summed E-state index contributed by atoms with van der Waals surface area (Å²) in [7, 11) is 0. The highest BCUT2D eigenvalue weighted by molar-refractivity contribution is 5.95. The van der Waals surface area contributed by atoms with E-state index in [9.17, 15) is 9.59 Å². The molecule has 0 saturated heterocycles. The van der Waals surface area contributed by atoms with Crippen molar-refractivity contribution in [3.8, 4) is 0 Å². The Kier molecular flexibility index (Phi) is 4.12. The van der Waals surface area contributed by atoms with E-state index < -0.39 is 0 Å². The Bertz CT molecular complexity index is 506. The number of hydrogen-bond acceptors (Lipinski definition) is 2. The van der Waals surface area contributed by atoms with E-state index >= 15 is 0 Å². The van der Waals surface area contributed by atoms with Gasteiger partial charge in [0.15, 0.2) is 5.78 Å². The second-order valence-corrected chi connectivity index (χ2v) is 6.34. The molecule has 1 fully saturated rings. The fourth-order valence-corrected chi connectivity index (χ4v) is 2.70. The SMILES string of the molecule is CC(=O)c1ccc(NC(=O)NC2CCC(C)(C)C2)cc1. The van der Waals surface area contributed by atoms with E-state index in [1.165, 1.54) is 6.92 Å². The standard InChI is InChI=1S/C16H22N2O2/c1-11(19)12-4-6-13(7-5-12)17-15(20)18-14-8-9-16(2,3)10-14/h4-7,14H,8-10H2,1-3H3,(H2,17,18,20). The van der Waals surface area contributed by atoms with Crippen LogP contribution < -0.4 is 10.6 Å². The number of ketones is 1. The summed E-state index contributed by atoms with van der Waals surface area (Å²) in [6.45, 7) is 5.98. The van der Waals surface area contributed by atoms with E-state index in [1.54, 1.807) is 24.3 Å². The highest BCUT2D eigenvalue weighted by Crippen LogP contribution is 2.36. The van der Waals surface area contributed by atoms with Gasteiger partial charge in [-0.15, -0.1) is 0 Å². The third-order valence-corrected chi connectivity index (χ3v) is 3.85. The lowest BCUT2D eigenvalue weighted by Gasteiger charge is -2.18. The van der Waals surface area contributed by atoms with Crippen LogP contribution in [0.4, 0.5) is 10.5 Å². The molecule has 2 amide bonds. The molecule has 108 valence electrons. The van der Waals surface area contributed by atoms with Crippen LogP contribution in [0.1, 0.15) is 50.4 Å². The van der Waals surface area contributed by atoms with Gasteiger partial charge >= 0.3 is 6.03 Å². The quantitative estimate of drug-likeness (QED) is 0.827. The molecule has 1 aliphatic rings. The Morgan fingerprint density at radius 1 is 1.20 bits per heavy atom. The molecule has 2 rings (SSSR count). The number of Topliss-reactive ketones (excluding diaryl/α,β-unsaturated/α-hetero) is 1. The molecule has 20 heavy (non-hydrogen) atoms. The first kappa shape index (κ1) is 14.6. The summed E-state index contributed by atoms with van der Waals surface area (Å²) < 4.78 is 0. The van der Waals surface area contributed by atoms with Crippen molar-refractivity contribution in [2.24, 2.45) is 5.41 Å².